The molecule has 29 heavy (non-hydrogen) atoms. The van der Waals surface area contributed by atoms with E-state index < -0.39 is 37.1 Å². The molecular formula is C18H30N2O9. The second kappa shape index (κ2) is 14.7. The van der Waals surface area contributed by atoms with Crippen LogP contribution in [0, 0.1) is 0 Å². The van der Waals surface area contributed by atoms with E-state index in [2.05, 4.69) is 5.32 Å². The summed E-state index contributed by atoms with van der Waals surface area (Å²) < 4.78 is 0. The fraction of sp³-hybridized carbons (Fsp3) is 0.556. The van der Waals surface area contributed by atoms with E-state index in [0.717, 1.165) is 11.1 Å². The van der Waals surface area contributed by atoms with Gasteiger partial charge in [0.1, 0.15) is 18.3 Å². The van der Waals surface area contributed by atoms with Crippen molar-refractivity contribution in [3.63, 3.8) is 0 Å². The van der Waals surface area contributed by atoms with Crippen LogP contribution in [0.25, 0.3) is 0 Å². The highest BCUT2D eigenvalue weighted by atomic mass is 16.4. The van der Waals surface area contributed by atoms with Crippen LogP contribution >= 0.6 is 0 Å². The molecule has 4 unspecified atom stereocenters. The maximum atomic E-state index is 10.5. The maximum Gasteiger partial charge on any atom is 0.404 e. The molecule has 1 aromatic rings. The van der Waals surface area contributed by atoms with E-state index in [1.54, 1.807) is 12.1 Å². The van der Waals surface area contributed by atoms with Gasteiger partial charge in [-0.2, -0.15) is 0 Å². The Kier molecular flexibility index (Phi) is 13.5. The van der Waals surface area contributed by atoms with Gasteiger partial charge in [0.05, 0.1) is 12.7 Å². The van der Waals surface area contributed by atoms with Gasteiger partial charge >= 0.3 is 6.09 Å². The van der Waals surface area contributed by atoms with Gasteiger partial charge < -0.3 is 41.1 Å². The van der Waals surface area contributed by atoms with Crippen LogP contribution in [0.4, 0.5) is 4.79 Å². The van der Waals surface area contributed by atoms with Crippen LogP contribution in [0.1, 0.15) is 18.1 Å². The van der Waals surface area contributed by atoms with Gasteiger partial charge in [0.25, 0.3) is 6.47 Å². The van der Waals surface area contributed by atoms with Crippen molar-refractivity contribution in [3.8, 4) is 0 Å². The van der Waals surface area contributed by atoms with Gasteiger partial charge in [-0.1, -0.05) is 31.2 Å². The first-order valence-electron chi connectivity index (χ1n) is 8.87. The summed E-state index contributed by atoms with van der Waals surface area (Å²) in [4.78, 5) is 20.7. The highest BCUT2D eigenvalue weighted by Gasteiger charge is 2.30. The topological polar surface area (TPSA) is 191 Å². The van der Waals surface area contributed by atoms with Crippen LogP contribution in [0.3, 0.4) is 0 Å². The zero-order chi connectivity index (χ0) is 22.4. The van der Waals surface area contributed by atoms with Crippen molar-refractivity contribution in [3.05, 3.63) is 35.4 Å². The summed E-state index contributed by atoms with van der Waals surface area (Å²) in [5.74, 6) is 0. The van der Waals surface area contributed by atoms with Crippen molar-refractivity contribution in [1.82, 2.24) is 10.2 Å². The molecule has 1 rings (SSSR count). The number of aliphatic hydroxyl groups is 5. The second-order valence-electron chi connectivity index (χ2n) is 6.21. The highest BCUT2D eigenvalue weighted by molar-refractivity contribution is 5.64. The molecule has 166 valence electrons. The number of hydrogen-bond donors (Lipinski definition) is 8. The van der Waals surface area contributed by atoms with E-state index in [9.17, 15) is 25.2 Å². The molecule has 0 saturated carbocycles. The molecule has 0 aliphatic heterocycles. The lowest BCUT2D eigenvalue weighted by Gasteiger charge is -2.29. The molecule has 0 spiro atoms. The molecule has 0 saturated heterocycles. The molecule has 0 aliphatic rings. The normalized spacial score (nSPS) is 14.9. The fourth-order valence-corrected chi connectivity index (χ4v) is 2.44. The van der Waals surface area contributed by atoms with Gasteiger partial charge in [-0.15, -0.1) is 0 Å². The molecule has 0 bridgehead atoms. The van der Waals surface area contributed by atoms with Crippen LogP contribution in [-0.4, -0.2) is 97.3 Å². The van der Waals surface area contributed by atoms with Crippen LogP contribution in [0.5, 0.6) is 0 Å². The number of hydrogen-bond acceptors (Lipinski definition) is 8. The van der Waals surface area contributed by atoms with Crippen molar-refractivity contribution in [2.75, 3.05) is 19.7 Å². The summed E-state index contributed by atoms with van der Waals surface area (Å²) in [6.07, 6.45) is -7.15. The first-order valence-corrected chi connectivity index (χ1v) is 8.87. The second-order valence-corrected chi connectivity index (χ2v) is 6.21. The van der Waals surface area contributed by atoms with Gasteiger partial charge in [-0.05, 0) is 17.7 Å². The minimum Gasteiger partial charge on any atom is -0.483 e. The largest absolute Gasteiger partial charge is 0.483 e. The molecule has 0 fully saturated rings. The van der Waals surface area contributed by atoms with E-state index >= 15 is 0 Å². The van der Waals surface area contributed by atoms with Crippen LogP contribution < -0.4 is 5.32 Å². The number of rotatable bonds is 11. The van der Waals surface area contributed by atoms with E-state index in [1.807, 2.05) is 24.0 Å². The molecule has 11 heteroatoms. The van der Waals surface area contributed by atoms with Gasteiger partial charge in [-0.3, -0.25) is 9.69 Å². The lowest BCUT2D eigenvalue weighted by molar-refractivity contribution is -0.122. The van der Waals surface area contributed by atoms with E-state index in [1.165, 1.54) is 0 Å². The number of likely N-dealkylation sites (N-methyl/N-ethyl adjacent to an activating group) is 1. The third-order valence-electron chi connectivity index (χ3n) is 4.09. The van der Waals surface area contributed by atoms with Crippen molar-refractivity contribution in [2.45, 2.75) is 44.4 Å². The molecule has 0 aliphatic carbocycles. The van der Waals surface area contributed by atoms with E-state index in [0.29, 0.717) is 13.1 Å². The van der Waals surface area contributed by atoms with Crippen molar-refractivity contribution < 1.29 is 45.3 Å². The van der Waals surface area contributed by atoms with Gasteiger partial charge in [0.2, 0.25) is 0 Å². The monoisotopic (exact) mass is 418 g/mol. The standard InChI is InChI=1S/C17H28N2O7.CH2O2/c1-2-19(9-13(21)15(23)16(24)14(22)10-20)8-12-5-3-11(4-6-12)7-18-17(25)26;2-1-3/h3-6,13-16,18,20-24H,2,7-10H2,1H3,(H,25,26);1H,(H,2,3). The summed E-state index contributed by atoms with van der Waals surface area (Å²) in [5.41, 5.74) is 1.75. The molecule has 11 nitrogen and oxygen atoms in total. The Morgan fingerprint density at radius 1 is 1.07 bits per heavy atom. The highest BCUT2D eigenvalue weighted by Crippen LogP contribution is 2.11. The number of nitrogens with zero attached hydrogens (tertiary/aromatic N) is 1. The SMILES string of the molecule is CCN(Cc1ccc(CNC(=O)O)cc1)CC(O)C(O)C(O)C(O)CO.O=CO. The number of carboxylic acid groups (broad SMARTS) is 2. The minimum atomic E-state index is -1.64. The Balaban J connectivity index is 0.00000245. The summed E-state index contributed by atoms with van der Waals surface area (Å²) in [7, 11) is 0. The number of nitrogens with one attached hydrogen (secondary N) is 1. The van der Waals surface area contributed by atoms with Gasteiger partial charge in [-0.25, -0.2) is 4.79 Å². The van der Waals surface area contributed by atoms with Crippen LogP contribution in [0.2, 0.25) is 0 Å². The van der Waals surface area contributed by atoms with Crippen molar-refractivity contribution in [2.24, 2.45) is 0 Å². The number of aliphatic hydroxyl groups excluding tert-OH is 5. The minimum absolute atomic E-state index is 0.0647. The summed E-state index contributed by atoms with van der Waals surface area (Å²) >= 11 is 0. The van der Waals surface area contributed by atoms with Crippen molar-refractivity contribution >= 4 is 12.6 Å². The average Bonchev–Trinajstić information content (AvgIpc) is 2.71. The Morgan fingerprint density at radius 2 is 1.55 bits per heavy atom. The molecular weight excluding hydrogens is 388 g/mol. The summed E-state index contributed by atoms with van der Waals surface area (Å²) in [5, 5.41) is 65.5. The molecule has 0 radical (unpaired) electrons. The first kappa shape index (κ1) is 26.7. The molecule has 8 N–H and O–H groups in total. The zero-order valence-corrected chi connectivity index (χ0v) is 16.1. The molecule has 1 amide bonds. The molecule has 0 aromatic heterocycles. The summed E-state index contributed by atoms with van der Waals surface area (Å²) in [6.45, 7) is 2.24. The molecule has 0 heterocycles. The predicted molar refractivity (Wildman–Crippen MR) is 102 cm³/mol. The average molecular weight is 418 g/mol. The zero-order valence-electron chi connectivity index (χ0n) is 16.1. The third kappa shape index (κ3) is 10.7. The molecule has 4 atom stereocenters. The lowest BCUT2D eigenvalue weighted by atomic mass is 10.0. The maximum absolute atomic E-state index is 10.5. The first-order chi connectivity index (χ1) is 13.7. The predicted octanol–water partition coefficient (Wildman–Crippen LogP) is -1.59. The van der Waals surface area contributed by atoms with Crippen LogP contribution in [-0.2, 0) is 17.9 Å². The van der Waals surface area contributed by atoms with E-state index in [-0.39, 0.29) is 19.6 Å². The Bertz CT molecular complexity index is 585. The number of carbonyl (C=O) groups is 2. The molecule has 1 aromatic carbocycles. The van der Waals surface area contributed by atoms with Crippen molar-refractivity contribution in [1.29, 1.82) is 0 Å². The number of benzene rings is 1. The van der Waals surface area contributed by atoms with Gasteiger partial charge in [0, 0.05) is 19.6 Å². The quantitative estimate of drug-likeness (QED) is 0.194. The lowest BCUT2D eigenvalue weighted by Crippen LogP contribution is -2.49. The van der Waals surface area contributed by atoms with Crippen LogP contribution in [0.15, 0.2) is 24.3 Å². The fourth-order valence-electron chi connectivity index (χ4n) is 2.44. The Morgan fingerprint density at radius 3 is 2.00 bits per heavy atom. The Labute approximate surface area is 168 Å². The van der Waals surface area contributed by atoms with E-state index in [4.69, 9.17) is 20.1 Å². The third-order valence-corrected chi connectivity index (χ3v) is 4.09. The summed E-state index contributed by atoms with van der Waals surface area (Å²) in [6, 6.07) is 7.28. The Hall–Kier alpha value is -2.28. The number of amides is 1. The smallest absolute Gasteiger partial charge is 0.404 e. The van der Waals surface area contributed by atoms with Gasteiger partial charge in [0.15, 0.2) is 0 Å².